The second-order valence-electron chi connectivity index (χ2n) is 4.24. The molecular weight excluding hydrogens is 212 g/mol. The molecule has 0 saturated heterocycles. The van der Waals surface area contributed by atoms with Crippen molar-refractivity contribution in [3.05, 3.63) is 48.0 Å². The number of pyridine rings is 1. The van der Waals surface area contributed by atoms with Crippen molar-refractivity contribution in [2.75, 3.05) is 7.05 Å². The van der Waals surface area contributed by atoms with E-state index in [0.29, 0.717) is 6.04 Å². The van der Waals surface area contributed by atoms with Gasteiger partial charge in [0.2, 0.25) is 0 Å². The first-order chi connectivity index (χ1) is 8.28. The van der Waals surface area contributed by atoms with Crippen molar-refractivity contribution in [3.8, 4) is 0 Å². The van der Waals surface area contributed by atoms with E-state index in [4.69, 9.17) is 0 Å². The van der Waals surface area contributed by atoms with Crippen LogP contribution >= 0.6 is 0 Å². The number of likely N-dealkylation sites (N-methyl/N-ethyl adjacent to an activating group) is 1. The van der Waals surface area contributed by atoms with Crippen LogP contribution in [0.1, 0.15) is 11.3 Å². The van der Waals surface area contributed by atoms with Crippen molar-refractivity contribution >= 4 is 0 Å². The summed E-state index contributed by atoms with van der Waals surface area (Å²) >= 11 is 0. The Morgan fingerprint density at radius 2 is 2.24 bits per heavy atom. The first-order valence-corrected chi connectivity index (χ1v) is 5.82. The quantitative estimate of drug-likeness (QED) is 0.839. The SMILES string of the molecule is CNC(Cc1cnn(C)c1)Cc1ccccn1. The van der Waals surface area contributed by atoms with Gasteiger partial charge in [0.1, 0.15) is 0 Å². The van der Waals surface area contributed by atoms with Crippen LogP contribution in [-0.4, -0.2) is 27.9 Å². The summed E-state index contributed by atoms with van der Waals surface area (Å²) in [5, 5.41) is 7.52. The molecule has 0 amide bonds. The number of nitrogens with zero attached hydrogens (tertiary/aromatic N) is 3. The second kappa shape index (κ2) is 5.59. The van der Waals surface area contributed by atoms with Crippen LogP contribution in [0, 0.1) is 0 Å². The van der Waals surface area contributed by atoms with Crippen LogP contribution in [0.5, 0.6) is 0 Å². The fourth-order valence-electron chi connectivity index (χ4n) is 1.91. The Kier molecular flexibility index (Phi) is 3.88. The molecular formula is C13H18N4. The van der Waals surface area contributed by atoms with Gasteiger partial charge in [-0.25, -0.2) is 0 Å². The van der Waals surface area contributed by atoms with Gasteiger partial charge in [-0.3, -0.25) is 9.67 Å². The van der Waals surface area contributed by atoms with Crippen molar-refractivity contribution in [1.29, 1.82) is 0 Å². The van der Waals surface area contributed by atoms with E-state index in [1.807, 2.05) is 43.3 Å². The molecule has 1 atom stereocenters. The van der Waals surface area contributed by atoms with Crippen LogP contribution in [0.15, 0.2) is 36.8 Å². The molecule has 0 bridgehead atoms. The van der Waals surface area contributed by atoms with Gasteiger partial charge in [-0.1, -0.05) is 6.07 Å². The average Bonchev–Trinajstić information content (AvgIpc) is 2.75. The zero-order chi connectivity index (χ0) is 12.1. The van der Waals surface area contributed by atoms with Gasteiger partial charge < -0.3 is 5.32 Å². The molecule has 0 aliphatic carbocycles. The lowest BCUT2D eigenvalue weighted by Gasteiger charge is -2.14. The largest absolute Gasteiger partial charge is 0.316 e. The van der Waals surface area contributed by atoms with Crippen molar-refractivity contribution in [1.82, 2.24) is 20.1 Å². The molecule has 4 heteroatoms. The molecule has 2 heterocycles. The fraction of sp³-hybridized carbons (Fsp3) is 0.385. The minimum atomic E-state index is 0.397. The molecule has 0 fully saturated rings. The number of hydrogen-bond donors (Lipinski definition) is 1. The van der Waals surface area contributed by atoms with Gasteiger partial charge in [-0.2, -0.15) is 5.10 Å². The van der Waals surface area contributed by atoms with E-state index < -0.39 is 0 Å². The molecule has 0 aliphatic rings. The maximum Gasteiger partial charge on any atom is 0.0522 e. The first kappa shape index (κ1) is 11.8. The Balaban J connectivity index is 1.98. The number of rotatable bonds is 5. The Bertz CT molecular complexity index is 449. The maximum atomic E-state index is 4.35. The number of aryl methyl sites for hydroxylation is 1. The van der Waals surface area contributed by atoms with Gasteiger partial charge in [0, 0.05) is 37.6 Å². The highest BCUT2D eigenvalue weighted by Gasteiger charge is 2.10. The summed E-state index contributed by atoms with van der Waals surface area (Å²) in [6, 6.07) is 6.43. The summed E-state index contributed by atoms with van der Waals surface area (Å²) in [5.74, 6) is 0. The predicted octanol–water partition coefficient (Wildman–Crippen LogP) is 1.19. The Morgan fingerprint density at radius 3 is 2.82 bits per heavy atom. The minimum absolute atomic E-state index is 0.397. The standard InChI is InChI=1S/C13H18N4/c1-14-13(7-11-9-16-17(2)10-11)8-12-5-3-4-6-15-12/h3-6,9-10,13-14H,7-8H2,1-2H3. The van der Waals surface area contributed by atoms with Gasteiger partial charge in [0.25, 0.3) is 0 Å². The summed E-state index contributed by atoms with van der Waals surface area (Å²) in [6.45, 7) is 0. The molecule has 4 nitrogen and oxygen atoms in total. The number of nitrogens with one attached hydrogen (secondary N) is 1. The third kappa shape index (κ3) is 3.39. The number of aromatic nitrogens is 3. The number of hydrogen-bond acceptors (Lipinski definition) is 3. The molecule has 2 rings (SSSR count). The molecule has 1 N–H and O–H groups in total. The zero-order valence-corrected chi connectivity index (χ0v) is 10.3. The highest BCUT2D eigenvalue weighted by atomic mass is 15.2. The molecule has 0 aromatic carbocycles. The smallest absolute Gasteiger partial charge is 0.0522 e. The third-order valence-corrected chi connectivity index (χ3v) is 2.83. The Hall–Kier alpha value is -1.68. The zero-order valence-electron chi connectivity index (χ0n) is 10.3. The average molecular weight is 230 g/mol. The van der Waals surface area contributed by atoms with Crippen LogP contribution in [0.4, 0.5) is 0 Å². The van der Waals surface area contributed by atoms with Crippen LogP contribution in [0.2, 0.25) is 0 Å². The van der Waals surface area contributed by atoms with Crippen LogP contribution < -0.4 is 5.32 Å². The van der Waals surface area contributed by atoms with Crippen molar-refractivity contribution < 1.29 is 0 Å². The molecule has 2 aromatic heterocycles. The molecule has 17 heavy (non-hydrogen) atoms. The van der Waals surface area contributed by atoms with Crippen LogP contribution in [0.3, 0.4) is 0 Å². The summed E-state index contributed by atoms with van der Waals surface area (Å²) in [4.78, 5) is 4.35. The van der Waals surface area contributed by atoms with E-state index in [2.05, 4.69) is 27.7 Å². The summed E-state index contributed by atoms with van der Waals surface area (Å²) in [5.41, 5.74) is 2.37. The van der Waals surface area contributed by atoms with Crippen LogP contribution in [0.25, 0.3) is 0 Å². The lowest BCUT2D eigenvalue weighted by atomic mass is 10.0. The summed E-state index contributed by atoms with van der Waals surface area (Å²) < 4.78 is 1.84. The van der Waals surface area contributed by atoms with E-state index in [1.54, 1.807) is 0 Å². The van der Waals surface area contributed by atoms with Crippen molar-refractivity contribution in [2.45, 2.75) is 18.9 Å². The highest BCUT2D eigenvalue weighted by molar-refractivity contribution is 5.10. The molecule has 1 unspecified atom stereocenters. The van der Waals surface area contributed by atoms with Gasteiger partial charge in [0.15, 0.2) is 0 Å². The molecule has 0 spiro atoms. The first-order valence-electron chi connectivity index (χ1n) is 5.82. The molecule has 90 valence electrons. The van der Waals surface area contributed by atoms with Crippen molar-refractivity contribution in [2.24, 2.45) is 7.05 Å². The lowest BCUT2D eigenvalue weighted by Crippen LogP contribution is -2.30. The second-order valence-corrected chi connectivity index (χ2v) is 4.24. The third-order valence-electron chi connectivity index (χ3n) is 2.83. The predicted molar refractivity (Wildman–Crippen MR) is 67.7 cm³/mol. The van der Waals surface area contributed by atoms with E-state index >= 15 is 0 Å². The van der Waals surface area contributed by atoms with Gasteiger partial charge in [-0.05, 0) is 31.2 Å². The molecule has 2 aromatic rings. The highest BCUT2D eigenvalue weighted by Crippen LogP contribution is 2.06. The lowest BCUT2D eigenvalue weighted by molar-refractivity contribution is 0.550. The normalized spacial score (nSPS) is 12.6. The monoisotopic (exact) mass is 230 g/mol. The summed E-state index contributed by atoms with van der Waals surface area (Å²) in [6.07, 6.45) is 7.73. The molecule has 0 radical (unpaired) electrons. The van der Waals surface area contributed by atoms with Gasteiger partial charge in [0.05, 0.1) is 6.20 Å². The van der Waals surface area contributed by atoms with E-state index in [9.17, 15) is 0 Å². The topological polar surface area (TPSA) is 42.7 Å². The van der Waals surface area contributed by atoms with Gasteiger partial charge in [-0.15, -0.1) is 0 Å². The Morgan fingerprint density at radius 1 is 1.35 bits per heavy atom. The van der Waals surface area contributed by atoms with E-state index in [1.165, 1.54) is 5.56 Å². The Labute approximate surface area is 102 Å². The van der Waals surface area contributed by atoms with E-state index in [-0.39, 0.29) is 0 Å². The van der Waals surface area contributed by atoms with E-state index in [0.717, 1.165) is 18.5 Å². The fourth-order valence-corrected chi connectivity index (χ4v) is 1.91. The molecule has 0 aliphatic heterocycles. The maximum absolute atomic E-state index is 4.35. The minimum Gasteiger partial charge on any atom is -0.316 e. The summed E-state index contributed by atoms with van der Waals surface area (Å²) in [7, 11) is 3.93. The van der Waals surface area contributed by atoms with Gasteiger partial charge >= 0.3 is 0 Å². The van der Waals surface area contributed by atoms with Crippen LogP contribution in [-0.2, 0) is 19.9 Å². The van der Waals surface area contributed by atoms with Crippen molar-refractivity contribution in [3.63, 3.8) is 0 Å². The molecule has 0 saturated carbocycles.